The van der Waals surface area contributed by atoms with Crippen LogP contribution in [0.25, 0.3) is 0 Å². The van der Waals surface area contributed by atoms with E-state index in [4.69, 9.17) is 4.74 Å². The Bertz CT molecular complexity index is 671. The van der Waals surface area contributed by atoms with Gasteiger partial charge in [-0.1, -0.05) is 24.3 Å². The monoisotopic (exact) mass is 300 g/mol. The first-order valence-corrected chi connectivity index (χ1v) is 6.79. The predicted octanol–water partition coefficient (Wildman–Crippen LogP) is 3.31. The van der Waals surface area contributed by atoms with Gasteiger partial charge in [-0.15, -0.1) is 0 Å². The fourth-order valence-electron chi connectivity index (χ4n) is 1.85. The van der Waals surface area contributed by atoms with E-state index in [1.54, 1.807) is 13.0 Å². The molecule has 0 aliphatic carbocycles. The van der Waals surface area contributed by atoms with Gasteiger partial charge in [0.2, 0.25) is 5.91 Å². The maximum atomic E-state index is 11.9. The van der Waals surface area contributed by atoms with Crippen molar-refractivity contribution >= 4 is 17.3 Å². The van der Waals surface area contributed by atoms with Gasteiger partial charge in [-0.25, -0.2) is 0 Å². The van der Waals surface area contributed by atoms with Crippen LogP contribution >= 0.6 is 0 Å². The summed E-state index contributed by atoms with van der Waals surface area (Å²) in [5, 5.41) is 13.4. The Morgan fingerprint density at radius 1 is 1.23 bits per heavy atom. The number of benzene rings is 2. The number of carbonyl (C=O) groups excluding carboxylic acids is 1. The lowest BCUT2D eigenvalue weighted by atomic mass is 10.2. The fourth-order valence-corrected chi connectivity index (χ4v) is 1.85. The summed E-state index contributed by atoms with van der Waals surface area (Å²) in [6.07, 6.45) is 0.164. The molecule has 6 heteroatoms. The summed E-state index contributed by atoms with van der Waals surface area (Å²) < 4.78 is 5.44. The van der Waals surface area contributed by atoms with Crippen molar-refractivity contribution in [2.45, 2.75) is 13.3 Å². The van der Waals surface area contributed by atoms with Crippen LogP contribution in [0, 0.1) is 17.0 Å². The number of hydrogen-bond acceptors (Lipinski definition) is 4. The Labute approximate surface area is 127 Å². The Kier molecular flexibility index (Phi) is 5.08. The molecule has 22 heavy (non-hydrogen) atoms. The number of rotatable bonds is 6. The van der Waals surface area contributed by atoms with Crippen LogP contribution in [0.1, 0.15) is 12.0 Å². The Hall–Kier alpha value is -2.89. The summed E-state index contributed by atoms with van der Waals surface area (Å²) >= 11 is 0. The average molecular weight is 300 g/mol. The van der Waals surface area contributed by atoms with Crippen LogP contribution in [0.5, 0.6) is 5.75 Å². The third-order valence-corrected chi connectivity index (χ3v) is 3.05. The van der Waals surface area contributed by atoms with Gasteiger partial charge in [0.25, 0.3) is 5.69 Å². The number of nitro benzene ring substituents is 1. The first kappa shape index (κ1) is 15.5. The number of nitro groups is 1. The normalized spacial score (nSPS) is 10.0. The lowest BCUT2D eigenvalue weighted by Crippen LogP contribution is -2.16. The molecule has 0 fully saturated rings. The van der Waals surface area contributed by atoms with Crippen molar-refractivity contribution < 1.29 is 14.5 Å². The number of carbonyl (C=O) groups is 1. The van der Waals surface area contributed by atoms with Gasteiger partial charge in [-0.2, -0.15) is 0 Å². The van der Waals surface area contributed by atoms with E-state index < -0.39 is 4.92 Å². The topological polar surface area (TPSA) is 81.5 Å². The zero-order valence-corrected chi connectivity index (χ0v) is 12.1. The van der Waals surface area contributed by atoms with Crippen LogP contribution in [-0.2, 0) is 4.79 Å². The molecule has 2 aromatic rings. The SMILES string of the molecule is Cc1ccc([N+](=O)[O-])cc1NC(=O)CCOc1ccccc1. The van der Waals surface area contributed by atoms with Gasteiger partial charge in [0, 0.05) is 12.1 Å². The second-order valence-corrected chi connectivity index (χ2v) is 4.72. The molecular weight excluding hydrogens is 284 g/mol. The number of para-hydroxylation sites is 1. The molecule has 0 aliphatic heterocycles. The molecule has 1 amide bonds. The Balaban J connectivity index is 1.89. The lowest BCUT2D eigenvalue weighted by molar-refractivity contribution is -0.384. The summed E-state index contributed by atoms with van der Waals surface area (Å²) in [5.74, 6) is 0.446. The Morgan fingerprint density at radius 3 is 2.64 bits per heavy atom. The molecule has 6 nitrogen and oxygen atoms in total. The largest absolute Gasteiger partial charge is 0.493 e. The van der Waals surface area contributed by atoms with Crippen molar-refractivity contribution in [2.75, 3.05) is 11.9 Å². The molecule has 0 saturated heterocycles. The van der Waals surface area contributed by atoms with E-state index in [9.17, 15) is 14.9 Å². The highest BCUT2D eigenvalue weighted by Gasteiger charge is 2.11. The summed E-state index contributed by atoms with van der Waals surface area (Å²) in [6, 6.07) is 13.6. The highest BCUT2D eigenvalue weighted by Crippen LogP contribution is 2.22. The van der Waals surface area contributed by atoms with E-state index in [0.29, 0.717) is 11.4 Å². The average Bonchev–Trinajstić information content (AvgIpc) is 2.50. The number of non-ortho nitro benzene ring substituents is 1. The van der Waals surface area contributed by atoms with Gasteiger partial charge in [-0.05, 0) is 24.6 Å². The summed E-state index contributed by atoms with van der Waals surface area (Å²) in [6.45, 7) is 2.02. The number of aryl methyl sites for hydroxylation is 1. The van der Waals surface area contributed by atoms with Crippen LogP contribution in [-0.4, -0.2) is 17.4 Å². The van der Waals surface area contributed by atoms with Crippen LogP contribution in [0.3, 0.4) is 0 Å². The number of amides is 1. The molecular formula is C16H16N2O4. The third kappa shape index (κ3) is 4.31. The van der Waals surface area contributed by atoms with E-state index in [1.165, 1.54) is 12.1 Å². The second kappa shape index (κ2) is 7.21. The summed E-state index contributed by atoms with van der Waals surface area (Å²) in [4.78, 5) is 22.1. The maximum absolute atomic E-state index is 11.9. The van der Waals surface area contributed by atoms with E-state index in [-0.39, 0.29) is 24.6 Å². The van der Waals surface area contributed by atoms with Crippen LogP contribution in [0.4, 0.5) is 11.4 Å². The molecule has 0 heterocycles. The number of nitrogens with zero attached hydrogens (tertiary/aromatic N) is 1. The number of hydrogen-bond donors (Lipinski definition) is 1. The molecule has 0 atom stereocenters. The number of nitrogens with one attached hydrogen (secondary N) is 1. The molecule has 2 rings (SSSR count). The number of ether oxygens (including phenoxy) is 1. The minimum Gasteiger partial charge on any atom is -0.493 e. The first-order chi connectivity index (χ1) is 10.6. The fraction of sp³-hybridized carbons (Fsp3) is 0.188. The van der Waals surface area contributed by atoms with E-state index in [2.05, 4.69) is 5.32 Å². The highest BCUT2D eigenvalue weighted by molar-refractivity contribution is 5.91. The minimum atomic E-state index is -0.492. The molecule has 0 saturated carbocycles. The van der Waals surface area contributed by atoms with Crippen LogP contribution < -0.4 is 10.1 Å². The quantitative estimate of drug-likeness (QED) is 0.655. The molecule has 0 aromatic heterocycles. The van der Waals surface area contributed by atoms with Gasteiger partial charge in [-0.3, -0.25) is 14.9 Å². The Morgan fingerprint density at radius 2 is 1.95 bits per heavy atom. The molecule has 1 N–H and O–H groups in total. The van der Waals surface area contributed by atoms with Crippen molar-refractivity contribution in [3.8, 4) is 5.75 Å². The zero-order valence-electron chi connectivity index (χ0n) is 12.1. The van der Waals surface area contributed by atoms with Crippen LogP contribution in [0.15, 0.2) is 48.5 Å². The van der Waals surface area contributed by atoms with Gasteiger partial charge in [0.15, 0.2) is 0 Å². The molecule has 0 aliphatic rings. The zero-order chi connectivity index (χ0) is 15.9. The standard InChI is InChI=1S/C16H16N2O4/c1-12-7-8-13(18(20)21)11-15(12)17-16(19)9-10-22-14-5-3-2-4-6-14/h2-8,11H,9-10H2,1H3,(H,17,19). The molecule has 114 valence electrons. The van der Waals surface area contributed by atoms with E-state index >= 15 is 0 Å². The van der Waals surface area contributed by atoms with Gasteiger partial charge in [0.1, 0.15) is 5.75 Å². The van der Waals surface area contributed by atoms with Gasteiger partial charge in [0.05, 0.1) is 23.6 Å². The van der Waals surface area contributed by atoms with Crippen molar-refractivity contribution in [1.29, 1.82) is 0 Å². The predicted molar refractivity (Wildman–Crippen MR) is 83.0 cm³/mol. The second-order valence-electron chi connectivity index (χ2n) is 4.72. The molecule has 0 spiro atoms. The van der Waals surface area contributed by atoms with Gasteiger partial charge >= 0.3 is 0 Å². The molecule has 0 bridgehead atoms. The van der Waals surface area contributed by atoms with Crippen molar-refractivity contribution in [3.05, 3.63) is 64.2 Å². The van der Waals surface area contributed by atoms with E-state index in [0.717, 1.165) is 5.56 Å². The van der Waals surface area contributed by atoms with Crippen molar-refractivity contribution in [1.82, 2.24) is 0 Å². The highest BCUT2D eigenvalue weighted by atomic mass is 16.6. The van der Waals surface area contributed by atoms with Crippen molar-refractivity contribution in [2.24, 2.45) is 0 Å². The summed E-state index contributed by atoms with van der Waals surface area (Å²) in [7, 11) is 0. The van der Waals surface area contributed by atoms with E-state index in [1.807, 2.05) is 30.3 Å². The number of anilines is 1. The third-order valence-electron chi connectivity index (χ3n) is 3.05. The minimum absolute atomic E-state index is 0.0542. The molecule has 0 radical (unpaired) electrons. The summed E-state index contributed by atoms with van der Waals surface area (Å²) in [5.41, 5.74) is 1.16. The lowest BCUT2D eigenvalue weighted by Gasteiger charge is -2.09. The molecule has 2 aromatic carbocycles. The van der Waals surface area contributed by atoms with Crippen molar-refractivity contribution in [3.63, 3.8) is 0 Å². The van der Waals surface area contributed by atoms with Gasteiger partial charge < -0.3 is 10.1 Å². The molecule has 0 unspecified atom stereocenters. The maximum Gasteiger partial charge on any atom is 0.271 e. The van der Waals surface area contributed by atoms with Crippen LogP contribution in [0.2, 0.25) is 0 Å². The smallest absolute Gasteiger partial charge is 0.271 e. The first-order valence-electron chi connectivity index (χ1n) is 6.79.